The maximum atomic E-state index is 12.9. The molecule has 2 aromatic rings. The maximum absolute atomic E-state index is 12.9. The minimum atomic E-state index is -0.319. The molecule has 0 aliphatic heterocycles. The van der Waals surface area contributed by atoms with Crippen LogP contribution in [-0.4, -0.2) is 10.1 Å². The van der Waals surface area contributed by atoms with Crippen molar-refractivity contribution in [3.05, 3.63) is 35.8 Å². The van der Waals surface area contributed by atoms with Crippen molar-refractivity contribution in [2.75, 3.05) is 0 Å². The topological polar surface area (TPSA) is 33.1 Å². The summed E-state index contributed by atoms with van der Waals surface area (Å²) in [7, 11) is 0. The number of fused-ring (bicyclic) bond motifs is 1. The summed E-state index contributed by atoms with van der Waals surface area (Å²) in [5.41, 5.74) is 1.35. The van der Waals surface area contributed by atoms with E-state index in [0.717, 1.165) is 0 Å². The van der Waals surface area contributed by atoms with Crippen LogP contribution in [0.1, 0.15) is 25.5 Å². The molecule has 1 N–H and O–H groups in total. The van der Waals surface area contributed by atoms with Crippen molar-refractivity contribution >= 4 is 10.9 Å². The highest BCUT2D eigenvalue weighted by Crippen LogP contribution is 2.27. The van der Waals surface area contributed by atoms with Crippen LogP contribution < -0.4 is 0 Å². The number of rotatable bonds is 1. The van der Waals surface area contributed by atoms with Gasteiger partial charge >= 0.3 is 0 Å². The summed E-state index contributed by atoms with van der Waals surface area (Å²) in [6.07, 6.45) is 0. The number of hydrogen-bond donors (Lipinski definition) is 1. The first kappa shape index (κ1) is 9.90. The molecule has 0 saturated carbocycles. The lowest BCUT2D eigenvalue weighted by atomic mass is 10.1. The molecule has 1 aromatic carbocycles. The predicted octanol–water partition coefficient (Wildman–Crippen LogP) is 3.20. The lowest BCUT2D eigenvalue weighted by Gasteiger charge is -2.08. The van der Waals surface area contributed by atoms with Gasteiger partial charge in [0, 0.05) is 5.39 Å². The van der Waals surface area contributed by atoms with Crippen LogP contribution in [0.3, 0.4) is 0 Å². The number of aromatic nitrogens is 1. The molecule has 0 bridgehead atoms. The largest absolute Gasteiger partial charge is 0.506 e. The molecule has 15 heavy (non-hydrogen) atoms. The second-order valence-corrected chi connectivity index (χ2v) is 3.88. The van der Waals surface area contributed by atoms with Crippen molar-refractivity contribution in [3.8, 4) is 5.75 Å². The average molecular weight is 205 g/mol. The molecule has 0 saturated heterocycles. The Morgan fingerprint density at radius 1 is 1.27 bits per heavy atom. The number of halogens is 1. The van der Waals surface area contributed by atoms with Crippen molar-refractivity contribution in [3.63, 3.8) is 0 Å². The van der Waals surface area contributed by atoms with Crippen molar-refractivity contribution in [2.24, 2.45) is 0 Å². The molecule has 78 valence electrons. The molecule has 0 radical (unpaired) electrons. The van der Waals surface area contributed by atoms with E-state index in [2.05, 4.69) is 4.98 Å². The van der Waals surface area contributed by atoms with Gasteiger partial charge in [-0.25, -0.2) is 9.37 Å². The van der Waals surface area contributed by atoms with Crippen molar-refractivity contribution in [1.82, 2.24) is 4.98 Å². The molecular formula is C12H12FNO. The lowest BCUT2D eigenvalue weighted by Crippen LogP contribution is -1.94. The van der Waals surface area contributed by atoms with Gasteiger partial charge in [-0.1, -0.05) is 13.8 Å². The van der Waals surface area contributed by atoms with Crippen molar-refractivity contribution in [2.45, 2.75) is 19.8 Å². The van der Waals surface area contributed by atoms with E-state index in [1.54, 1.807) is 12.1 Å². The zero-order valence-corrected chi connectivity index (χ0v) is 8.66. The Kier molecular flexibility index (Phi) is 2.31. The quantitative estimate of drug-likeness (QED) is 0.775. The van der Waals surface area contributed by atoms with Crippen molar-refractivity contribution in [1.29, 1.82) is 0 Å². The second-order valence-electron chi connectivity index (χ2n) is 3.88. The predicted molar refractivity (Wildman–Crippen MR) is 57.5 cm³/mol. The Hall–Kier alpha value is -1.64. The van der Waals surface area contributed by atoms with Gasteiger partial charge in [0.2, 0.25) is 0 Å². The van der Waals surface area contributed by atoms with Gasteiger partial charge in [-0.05, 0) is 30.2 Å². The van der Waals surface area contributed by atoms with Crippen LogP contribution in [0.25, 0.3) is 10.9 Å². The zero-order chi connectivity index (χ0) is 11.0. The van der Waals surface area contributed by atoms with E-state index in [1.807, 2.05) is 13.8 Å². The van der Waals surface area contributed by atoms with Crippen LogP contribution in [0.5, 0.6) is 5.75 Å². The van der Waals surface area contributed by atoms with Crippen LogP contribution >= 0.6 is 0 Å². The summed E-state index contributed by atoms with van der Waals surface area (Å²) in [6, 6.07) is 5.92. The normalized spacial score (nSPS) is 11.2. The summed E-state index contributed by atoms with van der Waals surface area (Å²) >= 11 is 0. The Balaban J connectivity index is 2.71. The van der Waals surface area contributed by atoms with E-state index < -0.39 is 0 Å². The third kappa shape index (κ3) is 1.77. The van der Waals surface area contributed by atoms with E-state index >= 15 is 0 Å². The van der Waals surface area contributed by atoms with Crippen LogP contribution in [0, 0.1) is 5.82 Å². The molecule has 1 aromatic heterocycles. The standard InChI is InChI=1S/C12H12FNO/c1-7(2)12-11(15)6-8-5-9(13)3-4-10(8)14-12/h3-7,15H,1-2H3. The molecular weight excluding hydrogens is 193 g/mol. The Morgan fingerprint density at radius 3 is 2.67 bits per heavy atom. The summed E-state index contributed by atoms with van der Waals surface area (Å²) in [4.78, 5) is 4.30. The molecule has 0 atom stereocenters. The van der Waals surface area contributed by atoms with E-state index in [4.69, 9.17) is 0 Å². The zero-order valence-electron chi connectivity index (χ0n) is 8.66. The van der Waals surface area contributed by atoms with Crippen LogP contribution in [0.4, 0.5) is 4.39 Å². The first-order valence-electron chi connectivity index (χ1n) is 4.87. The molecule has 0 amide bonds. The van der Waals surface area contributed by atoms with Gasteiger partial charge in [0.1, 0.15) is 11.6 Å². The van der Waals surface area contributed by atoms with Gasteiger partial charge in [-0.3, -0.25) is 0 Å². The van der Waals surface area contributed by atoms with Gasteiger partial charge in [0.15, 0.2) is 0 Å². The smallest absolute Gasteiger partial charge is 0.137 e. The highest BCUT2D eigenvalue weighted by Gasteiger charge is 2.09. The molecule has 1 heterocycles. The van der Waals surface area contributed by atoms with Crippen LogP contribution in [0.2, 0.25) is 0 Å². The van der Waals surface area contributed by atoms with E-state index in [1.165, 1.54) is 12.1 Å². The summed E-state index contributed by atoms with van der Waals surface area (Å²) in [5, 5.41) is 10.3. The molecule has 3 heteroatoms. The van der Waals surface area contributed by atoms with Crippen LogP contribution in [-0.2, 0) is 0 Å². The van der Waals surface area contributed by atoms with E-state index in [0.29, 0.717) is 16.6 Å². The lowest BCUT2D eigenvalue weighted by molar-refractivity contribution is 0.461. The fourth-order valence-corrected chi connectivity index (χ4v) is 1.58. The average Bonchev–Trinajstić information content (AvgIpc) is 2.15. The third-order valence-electron chi connectivity index (χ3n) is 2.33. The Labute approximate surface area is 87.4 Å². The number of aromatic hydroxyl groups is 1. The van der Waals surface area contributed by atoms with Gasteiger partial charge < -0.3 is 5.11 Å². The number of pyridine rings is 1. The second kappa shape index (κ2) is 3.50. The first-order valence-corrected chi connectivity index (χ1v) is 4.87. The Morgan fingerprint density at radius 2 is 2.00 bits per heavy atom. The molecule has 0 unspecified atom stereocenters. The Bertz CT molecular complexity index is 508. The minimum Gasteiger partial charge on any atom is -0.506 e. The fraction of sp³-hybridized carbons (Fsp3) is 0.250. The number of benzene rings is 1. The number of nitrogens with zero attached hydrogens (tertiary/aromatic N) is 1. The highest BCUT2D eigenvalue weighted by atomic mass is 19.1. The summed E-state index contributed by atoms with van der Waals surface area (Å²) < 4.78 is 12.9. The summed E-state index contributed by atoms with van der Waals surface area (Å²) in [5.74, 6) is -0.0384. The van der Waals surface area contributed by atoms with Gasteiger partial charge in [0.05, 0.1) is 11.2 Å². The molecule has 2 rings (SSSR count). The molecule has 2 nitrogen and oxygen atoms in total. The van der Waals surface area contributed by atoms with E-state index in [9.17, 15) is 9.50 Å². The van der Waals surface area contributed by atoms with E-state index in [-0.39, 0.29) is 17.5 Å². The SMILES string of the molecule is CC(C)c1nc2ccc(F)cc2cc1O. The highest BCUT2D eigenvalue weighted by molar-refractivity contribution is 5.80. The van der Waals surface area contributed by atoms with Gasteiger partial charge in [-0.15, -0.1) is 0 Å². The monoisotopic (exact) mass is 205 g/mol. The first-order chi connectivity index (χ1) is 7.08. The summed E-state index contributed by atoms with van der Waals surface area (Å²) in [6.45, 7) is 3.91. The molecule has 0 aliphatic carbocycles. The van der Waals surface area contributed by atoms with Gasteiger partial charge in [-0.2, -0.15) is 0 Å². The van der Waals surface area contributed by atoms with Crippen molar-refractivity contribution < 1.29 is 9.50 Å². The van der Waals surface area contributed by atoms with Gasteiger partial charge in [0.25, 0.3) is 0 Å². The maximum Gasteiger partial charge on any atom is 0.137 e. The minimum absolute atomic E-state index is 0.128. The third-order valence-corrected chi connectivity index (χ3v) is 2.33. The number of hydrogen-bond acceptors (Lipinski definition) is 2. The van der Waals surface area contributed by atoms with Crippen LogP contribution in [0.15, 0.2) is 24.3 Å². The molecule has 0 aliphatic rings. The molecule has 0 spiro atoms. The molecule has 0 fully saturated rings. The fourth-order valence-electron chi connectivity index (χ4n) is 1.58.